The van der Waals surface area contributed by atoms with Crippen molar-refractivity contribution >= 4 is 40.9 Å². The average molecular weight is 413 g/mol. The molecular formula is C22H24N2O4S. The van der Waals surface area contributed by atoms with E-state index in [9.17, 15) is 14.4 Å². The van der Waals surface area contributed by atoms with Crippen molar-refractivity contribution in [3.05, 3.63) is 54.1 Å². The Kier molecular flexibility index (Phi) is 6.59. The number of hydrogen-bond donors (Lipinski definition) is 2. The summed E-state index contributed by atoms with van der Waals surface area (Å²) in [5.41, 5.74) is 2.80. The number of carboxylic acid groups (broad SMARTS) is 1. The van der Waals surface area contributed by atoms with Crippen molar-refractivity contribution in [3.63, 3.8) is 0 Å². The highest BCUT2D eigenvalue weighted by molar-refractivity contribution is 8.00. The number of fused-ring (bicyclic) bond motifs is 1. The first-order chi connectivity index (χ1) is 13.8. The van der Waals surface area contributed by atoms with Gasteiger partial charge in [0.15, 0.2) is 0 Å². The second-order valence-electron chi connectivity index (χ2n) is 7.12. The number of benzene rings is 2. The molecule has 0 radical (unpaired) electrons. The fourth-order valence-corrected chi connectivity index (χ4v) is 4.33. The molecule has 0 aliphatic carbocycles. The van der Waals surface area contributed by atoms with Crippen molar-refractivity contribution in [3.8, 4) is 0 Å². The topological polar surface area (TPSA) is 86.7 Å². The van der Waals surface area contributed by atoms with Gasteiger partial charge in [-0.3, -0.25) is 14.4 Å². The van der Waals surface area contributed by atoms with Gasteiger partial charge in [0, 0.05) is 28.7 Å². The summed E-state index contributed by atoms with van der Waals surface area (Å²) in [5.74, 6) is -1.25. The number of thioether (sulfide) groups is 1. The van der Waals surface area contributed by atoms with E-state index < -0.39 is 5.97 Å². The summed E-state index contributed by atoms with van der Waals surface area (Å²) in [7, 11) is 0. The van der Waals surface area contributed by atoms with Gasteiger partial charge in [0.25, 0.3) is 0 Å². The second-order valence-corrected chi connectivity index (χ2v) is 8.53. The van der Waals surface area contributed by atoms with E-state index in [0.717, 1.165) is 17.0 Å². The lowest BCUT2D eigenvalue weighted by atomic mass is 10.1. The number of nitrogens with one attached hydrogen (secondary N) is 1. The fraction of sp³-hybridized carbons (Fsp3) is 0.318. The van der Waals surface area contributed by atoms with Gasteiger partial charge in [0.1, 0.15) is 0 Å². The van der Waals surface area contributed by atoms with Gasteiger partial charge < -0.3 is 15.3 Å². The number of aliphatic carboxylic acids is 1. The highest BCUT2D eigenvalue weighted by Gasteiger charge is 2.33. The fourth-order valence-electron chi connectivity index (χ4n) is 3.41. The van der Waals surface area contributed by atoms with Crippen molar-refractivity contribution < 1.29 is 19.5 Å². The number of anilines is 2. The molecule has 2 aromatic rings. The van der Waals surface area contributed by atoms with E-state index in [-0.39, 0.29) is 35.9 Å². The Balaban J connectivity index is 1.59. The lowest BCUT2D eigenvalue weighted by Gasteiger charge is -2.26. The van der Waals surface area contributed by atoms with Crippen LogP contribution in [0.4, 0.5) is 11.4 Å². The quantitative estimate of drug-likeness (QED) is 0.673. The highest BCUT2D eigenvalue weighted by atomic mass is 32.2. The molecule has 1 aliphatic heterocycles. The molecule has 1 heterocycles. The minimum atomic E-state index is -1.000. The predicted octanol–water partition coefficient (Wildman–Crippen LogP) is 3.95. The largest absolute Gasteiger partial charge is 0.481 e. The summed E-state index contributed by atoms with van der Waals surface area (Å²) in [5, 5.41) is 11.1. The van der Waals surface area contributed by atoms with E-state index in [1.54, 1.807) is 12.1 Å². The van der Waals surface area contributed by atoms with Crippen LogP contribution in [0, 0.1) is 0 Å². The standard InChI is InChI=1S/C22H24N2O4S/c1-14-13-16-5-3-4-6-19(16)24(14)22(28)15(2)29-18-9-7-17(8-10-18)23-20(25)11-12-21(26)27/h3-10,14-15H,11-13H2,1-2H3,(H,23,25)(H,26,27)/t14-,15-/m0/s1. The SMILES string of the molecule is C[C@H](Sc1ccc(NC(=O)CCC(=O)O)cc1)C(=O)N1c2ccccc2C[C@@H]1C. The van der Waals surface area contributed by atoms with E-state index in [0.29, 0.717) is 5.69 Å². The van der Waals surface area contributed by atoms with Crippen LogP contribution in [-0.4, -0.2) is 34.2 Å². The van der Waals surface area contributed by atoms with Crippen molar-refractivity contribution in [2.24, 2.45) is 0 Å². The minimum Gasteiger partial charge on any atom is -0.481 e. The van der Waals surface area contributed by atoms with Crippen LogP contribution in [0.5, 0.6) is 0 Å². The Morgan fingerprint density at radius 3 is 2.52 bits per heavy atom. The molecule has 2 N–H and O–H groups in total. The molecule has 3 rings (SSSR count). The average Bonchev–Trinajstić information content (AvgIpc) is 3.03. The third-order valence-corrected chi connectivity index (χ3v) is 5.91. The first-order valence-electron chi connectivity index (χ1n) is 9.54. The summed E-state index contributed by atoms with van der Waals surface area (Å²) in [6, 6.07) is 15.4. The molecule has 0 spiro atoms. The smallest absolute Gasteiger partial charge is 0.303 e. The van der Waals surface area contributed by atoms with Crippen molar-refractivity contribution in [1.82, 2.24) is 0 Å². The second kappa shape index (κ2) is 9.13. The molecular weight excluding hydrogens is 388 g/mol. The molecule has 2 amide bonds. The molecule has 0 saturated carbocycles. The third kappa shape index (κ3) is 5.17. The predicted molar refractivity (Wildman–Crippen MR) is 114 cm³/mol. The molecule has 29 heavy (non-hydrogen) atoms. The molecule has 0 unspecified atom stereocenters. The summed E-state index contributed by atoms with van der Waals surface area (Å²) >= 11 is 1.48. The zero-order valence-electron chi connectivity index (χ0n) is 16.4. The first-order valence-corrected chi connectivity index (χ1v) is 10.4. The minimum absolute atomic E-state index is 0.0626. The maximum absolute atomic E-state index is 13.1. The van der Waals surface area contributed by atoms with E-state index in [1.807, 2.05) is 42.2 Å². The van der Waals surface area contributed by atoms with Crippen molar-refractivity contribution in [2.45, 2.75) is 49.3 Å². The molecule has 0 aromatic heterocycles. The van der Waals surface area contributed by atoms with Crippen LogP contribution in [0.3, 0.4) is 0 Å². The van der Waals surface area contributed by atoms with Crippen LogP contribution >= 0.6 is 11.8 Å². The number of carboxylic acids is 1. The van der Waals surface area contributed by atoms with Gasteiger partial charge in [-0.05, 0) is 56.2 Å². The summed E-state index contributed by atoms with van der Waals surface area (Å²) in [6.07, 6.45) is 0.611. The molecule has 1 aliphatic rings. The molecule has 0 saturated heterocycles. The molecule has 152 valence electrons. The van der Waals surface area contributed by atoms with Crippen LogP contribution in [0.25, 0.3) is 0 Å². The van der Waals surface area contributed by atoms with Crippen molar-refractivity contribution in [1.29, 1.82) is 0 Å². The Bertz CT molecular complexity index is 913. The Hall–Kier alpha value is -2.80. The number of amides is 2. The molecule has 7 heteroatoms. The van der Waals surface area contributed by atoms with E-state index in [1.165, 1.54) is 17.3 Å². The van der Waals surface area contributed by atoms with Crippen LogP contribution in [0.1, 0.15) is 32.3 Å². The number of para-hydroxylation sites is 1. The zero-order chi connectivity index (χ0) is 21.0. The Labute approximate surface area is 174 Å². The lowest BCUT2D eigenvalue weighted by molar-refractivity contribution is -0.138. The normalized spacial score (nSPS) is 16.2. The molecule has 0 bridgehead atoms. The van der Waals surface area contributed by atoms with E-state index >= 15 is 0 Å². The maximum Gasteiger partial charge on any atom is 0.303 e. The number of carbonyl (C=O) groups is 3. The van der Waals surface area contributed by atoms with E-state index in [2.05, 4.69) is 18.3 Å². The summed E-state index contributed by atoms with van der Waals surface area (Å²) in [4.78, 5) is 38.1. The molecule has 2 aromatic carbocycles. The molecule has 6 nitrogen and oxygen atoms in total. The maximum atomic E-state index is 13.1. The Morgan fingerprint density at radius 2 is 1.83 bits per heavy atom. The van der Waals surface area contributed by atoms with Gasteiger partial charge in [0.05, 0.1) is 11.7 Å². The number of carbonyl (C=O) groups excluding carboxylic acids is 2. The van der Waals surface area contributed by atoms with Crippen molar-refractivity contribution in [2.75, 3.05) is 10.2 Å². The Morgan fingerprint density at radius 1 is 1.14 bits per heavy atom. The lowest BCUT2D eigenvalue weighted by Crippen LogP contribution is -2.40. The number of hydrogen-bond acceptors (Lipinski definition) is 4. The molecule has 0 fully saturated rings. The monoisotopic (exact) mass is 412 g/mol. The van der Waals surface area contributed by atoms with Crippen LogP contribution in [0.2, 0.25) is 0 Å². The van der Waals surface area contributed by atoms with Gasteiger partial charge in [-0.2, -0.15) is 0 Å². The van der Waals surface area contributed by atoms with Crippen LogP contribution < -0.4 is 10.2 Å². The van der Waals surface area contributed by atoms with Gasteiger partial charge in [-0.1, -0.05) is 18.2 Å². The van der Waals surface area contributed by atoms with Crippen LogP contribution in [-0.2, 0) is 20.8 Å². The summed E-state index contributed by atoms with van der Waals surface area (Å²) < 4.78 is 0. The van der Waals surface area contributed by atoms with Gasteiger partial charge in [0.2, 0.25) is 11.8 Å². The summed E-state index contributed by atoms with van der Waals surface area (Å²) in [6.45, 7) is 3.97. The van der Waals surface area contributed by atoms with E-state index in [4.69, 9.17) is 5.11 Å². The van der Waals surface area contributed by atoms with Gasteiger partial charge in [-0.15, -0.1) is 11.8 Å². The highest BCUT2D eigenvalue weighted by Crippen LogP contribution is 2.35. The van der Waals surface area contributed by atoms with Gasteiger partial charge >= 0.3 is 5.97 Å². The first kappa shape index (κ1) is 20.9. The molecule has 2 atom stereocenters. The third-order valence-electron chi connectivity index (χ3n) is 4.81. The number of rotatable bonds is 7. The number of nitrogens with zero attached hydrogens (tertiary/aromatic N) is 1. The zero-order valence-corrected chi connectivity index (χ0v) is 17.2. The van der Waals surface area contributed by atoms with Crippen LogP contribution in [0.15, 0.2) is 53.4 Å². The van der Waals surface area contributed by atoms with Gasteiger partial charge in [-0.25, -0.2) is 0 Å².